The summed E-state index contributed by atoms with van der Waals surface area (Å²) in [5.74, 6) is -1.11. The second kappa shape index (κ2) is 5.63. The molecule has 0 saturated carbocycles. The monoisotopic (exact) mass is 384 g/mol. The van der Waals surface area contributed by atoms with Crippen LogP contribution in [0.2, 0.25) is 0 Å². The highest BCUT2D eigenvalue weighted by Crippen LogP contribution is 2.30. The quantitative estimate of drug-likeness (QED) is 0.507. The normalized spacial score (nSPS) is 12.7. The van der Waals surface area contributed by atoms with E-state index in [1.54, 1.807) is 11.3 Å². The molecule has 0 amide bonds. The van der Waals surface area contributed by atoms with Crippen LogP contribution in [0.4, 0.5) is 8.78 Å². The zero-order chi connectivity index (χ0) is 12.4. The van der Waals surface area contributed by atoms with Crippen molar-refractivity contribution in [2.75, 3.05) is 0 Å². The van der Waals surface area contributed by atoms with Crippen molar-refractivity contribution in [2.24, 2.45) is 0 Å². The number of rotatable bonds is 3. The van der Waals surface area contributed by atoms with Gasteiger partial charge in [0.05, 0.1) is 8.26 Å². The standard InChI is InChI=1S/C12H8ClF2IS/c13-10(8-4-12(16)17-6-8)3-7-1-2-9(14)5-11(7)15/h1-2,4-6,10H,3H2. The average Bonchev–Trinajstić information content (AvgIpc) is 2.69. The molecular weight excluding hydrogens is 377 g/mol. The highest BCUT2D eigenvalue weighted by molar-refractivity contribution is 14.1. The second-order valence-corrected chi connectivity index (χ2v) is 6.92. The fraction of sp³-hybridized carbons (Fsp3) is 0.167. The maximum atomic E-state index is 13.4. The first-order valence-electron chi connectivity index (χ1n) is 4.88. The zero-order valence-electron chi connectivity index (χ0n) is 8.59. The molecule has 0 saturated heterocycles. The fourth-order valence-electron chi connectivity index (χ4n) is 1.49. The van der Waals surface area contributed by atoms with Crippen molar-refractivity contribution >= 4 is 45.5 Å². The Hall–Kier alpha value is -0.200. The van der Waals surface area contributed by atoms with Crippen LogP contribution in [-0.4, -0.2) is 0 Å². The molecule has 5 heteroatoms. The van der Waals surface area contributed by atoms with E-state index in [-0.39, 0.29) is 5.38 Å². The molecule has 1 unspecified atom stereocenters. The van der Waals surface area contributed by atoms with Gasteiger partial charge in [0.15, 0.2) is 0 Å². The number of benzene rings is 1. The summed E-state index contributed by atoms with van der Waals surface area (Å²) in [7, 11) is 0. The van der Waals surface area contributed by atoms with Gasteiger partial charge in [-0.05, 0) is 57.7 Å². The molecule has 0 aliphatic heterocycles. The molecule has 0 bridgehead atoms. The smallest absolute Gasteiger partial charge is 0.129 e. The van der Waals surface area contributed by atoms with E-state index in [0.717, 1.165) is 14.5 Å². The molecule has 0 N–H and O–H groups in total. The highest BCUT2D eigenvalue weighted by Gasteiger charge is 2.13. The first-order chi connectivity index (χ1) is 8.06. The Balaban J connectivity index is 2.15. The summed E-state index contributed by atoms with van der Waals surface area (Å²) >= 11 is 10.0. The van der Waals surface area contributed by atoms with Crippen LogP contribution in [0, 0.1) is 14.5 Å². The van der Waals surface area contributed by atoms with Crippen molar-refractivity contribution in [1.82, 2.24) is 0 Å². The van der Waals surface area contributed by atoms with Gasteiger partial charge in [-0.15, -0.1) is 22.9 Å². The van der Waals surface area contributed by atoms with Crippen LogP contribution in [0.15, 0.2) is 29.6 Å². The minimum absolute atomic E-state index is 0.283. The molecule has 0 aliphatic carbocycles. The van der Waals surface area contributed by atoms with E-state index in [1.165, 1.54) is 12.1 Å². The molecule has 0 spiro atoms. The highest BCUT2D eigenvalue weighted by atomic mass is 127. The van der Waals surface area contributed by atoms with Crippen LogP contribution in [0.3, 0.4) is 0 Å². The Morgan fingerprint density at radius 2 is 2.06 bits per heavy atom. The molecule has 0 radical (unpaired) electrons. The third kappa shape index (κ3) is 3.39. The molecule has 1 aromatic heterocycles. The van der Waals surface area contributed by atoms with Crippen molar-refractivity contribution in [3.8, 4) is 0 Å². The van der Waals surface area contributed by atoms with Gasteiger partial charge in [0.2, 0.25) is 0 Å². The first kappa shape index (κ1) is 13.2. The van der Waals surface area contributed by atoms with Crippen LogP contribution in [0.1, 0.15) is 16.5 Å². The lowest BCUT2D eigenvalue weighted by atomic mass is 10.1. The third-order valence-electron chi connectivity index (χ3n) is 2.36. The maximum Gasteiger partial charge on any atom is 0.129 e. The molecule has 1 heterocycles. The van der Waals surface area contributed by atoms with Crippen molar-refractivity contribution < 1.29 is 8.78 Å². The number of halogens is 4. The molecule has 17 heavy (non-hydrogen) atoms. The Kier molecular flexibility index (Phi) is 4.38. The van der Waals surface area contributed by atoms with Gasteiger partial charge < -0.3 is 0 Å². The van der Waals surface area contributed by atoms with Gasteiger partial charge in [0.1, 0.15) is 11.6 Å². The van der Waals surface area contributed by atoms with E-state index in [1.807, 2.05) is 11.4 Å². The van der Waals surface area contributed by atoms with E-state index in [0.29, 0.717) is 12.0 Å². The van der Waals surface area contributed by atoms with Gasteiger partial charge in [-0.2, -0.15) is 0 Å². The van der Waals surface area contributed by atoms with E-state index in [2.05, 4.69) is 22.6 Å². The largest absolute Gasteiger partial charge is 0.207 e. The minimum Gasteiger partial charge on any atom is -0.207 e. The van der Waals surface area contributed by atoms with E-state index in [4.69, 9.17) is 11.6 Å². The maximum absolute atomic E-state index is 13.4. The van der Waals surface area contributed by atoms with Crippen LogP contribution >= 0.6 is 45.5 Å². The Morgan fingerprint density at radius 1 is 1.29 bits per heavy atom. The molecule has 2 rings (SSSR count). The van der Waals surface area contributed by atoms with Crippen LogP contribution in [-0.2, 0) is 6.42 Å². The predicted molar refractivity (Wildman–Crippen MR) is 75.7 cm³/mol. The minimum atomic E-state index is -0.567. The summed E-state index contributed by atoms with van der Waals surface area (Å²) < 4.78 is 27.3. The number of thiophene rings is 1. The topological polar surface area (TPSA) is 0 Å². The van der Waals surface area contributed by atoms with Crippen molar-refractivity contribution in [2.45, 2.75) is 11.8 Å². The summed E-state index contributed by atoms with van der Waals surface area (Å²) in [5, 5.41) is 1.68. The summed E-state index contributed by atoms with van der Waals surface area (Å²) in [6.07, 6.45) is 0.362. The number of hydrogen-bond donors (Lipinski definition) is 0. The van der Waals surface area contributed by atoms with E-state index >= 15 is 0 Å². The van der Waals surface area contributed by atoms with Crippen LogP contribution in [0.25, 0.3) is 0 Å². The van der Waals surface area contributed by atoms with Gasteiger partial charge in [0.25, 0.3) is 0 Å². The van der Waals surface area contributed by atoms with E-state index in [9.17, 15) is 8.78 Å². The molecule has 0 fully saturated rings. The lowest BCUT2D eigenvalue weighted by molar-refractivity contribution is 0.570. The zero-order valence-corrected chi connectivity index (χ0v) is 12.3. The van der Waals surface area contributed by atoms with Gasteiger partial charge >= 0.3 is 0 Å². The Morgan fingerprint density at radius 3 is 2.65 bits per heavy atom. The summed E-state index contributed by atoms with van der Waals surface area (Å²) in [5.41, 5.74) is 1.41. The van der Waals surface area contributed by atoms with Gasteiger partial charge in [-0.25, -0.2) is 8.78 Å². The molecule has 2 aromatic rings. The van der Waals surface area contributed by atoms with Crippen molar-refractivity contribution in [3.05, 3.63) is 55.3 Å². The third-order valence-corrected chi connectivity index (χ3v) is 4.58. The fourth-order valence-corrected chi connectivity index (χ4v) is 3.28. The van der Waals surface area contributed by atoms with Gasteiger partial charge in [-0.1, -0.05) is 6.07 Å². The molecule has 0 nitrogen and oxygen atoms in total. The Labute approximate surface area is 121 Å². The van der Waals surface area contributed by atoms with E-state index < -0.39 is 11.6 Å². The van der Waals surface area contributed by atoms with Gasteiger partial charge in [0, 0.05) is 6.07 Å². The number of alkyl halides is 1. The molecular formula is C12H8ClF2IS. The molecule has 0 aliphatic rings. The SMILES string of the molecule is Fc1ccc(CC(Cl)c2csc(I)c2)c(F)c1. The molecule has 1 atom stereocenters. The van der Waals surface area contributed by atoms with Crippen LogP contribution < -0.4 is 0 Å². The van der Waals surface area contributed by atoms with Crippen molar-refractivity contribution in [1.29, 1.82) is 0 Å². The van der Waals surface area contributed by atoms with Gasteiger partial charge in [-0.3, -0.25) is 0 Å². The van der Waals surface area contributed by atoms with Crippen molar-refractivity contribution in [3.63, 3.8) is 0 Å². The predicted octanol–water partition coefficient (Wildman–Crippen LogP) is 5.15. The lowest BCUT2D eigenvalue weighted by Crippen LogP contribution is -1.98. The summed E-state index contributed by atoms with van der Waals surface area (Å²) in [6, 6.07) is 5.55. The summed E-state index contributed by atoms with van der Waals surface area (Å²) in [4.78, 5) is 0. The second-order valence-electron chi connectivity index (χ2n) is 3.59. The van der Waals surface area contributed by atoms with Crippen LogP contribution in [0.5, 0.6) is 0 Å². The average molecular weight is 385 g/mol. The number of hydrogen-bond acceptors (Lipinski definition) is 1. The Bertz CT molecular complexity index is 527. The summed E-state index contributed by atoms with van der Waals surface area (Å²) in [6.45, 7) is 0. The first-order valence-corrected chi connectivity index (χ1v) is 7.27. The molecule has 90 valence electrons. The lowest BCUT2D eigenvalue weighted by Gasteiger charge is -2.08. The molecule has 1 aromatic carbocycles.